The van der Waals surface area contributed by atoms with Crippen molar-refractivity contribution in [1.82, 2.24) is 4.90 Å². The van der Waals surface area contributed by atoms with Gasteiger partial charge in [0.25, 0.3) is 0 Å². The van der Waals surface area contributed by atoms with E-state index in [1.807, 2.05) is 0 Å². The molecule has 0 bridgehead atoms. The molecule has 0 aliphatic carbocycles. The Morgan fingerprint density at radius 1 is 1.82 bits per heavy atom. The standard InChI is InChI=1S/C7H9ClN2O/c8-5-3-7(11)2-1-6(9)10(7)4-5/h1-2,5,9,11H,3-4H2. The molecule has 2 rings (SSSR count). The van der Waals surface area contributed by atoms with Crippen LogP contribution >= 0.6 is 11.6 Å². The lowest BCUT2D eigenvalue weighted by Crippen LogP contribution is -2.40. The van der Waals surface area contributed by atoms with Crippen molar-refractivity contribution in [3.63, 3.8) is 0 Å². The normalized spacial score (nSPS) is 41.8. The Bertz CT molecular complexity index is 241. The van der Waals surface area contributed by atoms with E-state index in [0.717, 1.165) is 0 Å². The number of aliphatic hydroxyl groups is 1. The summed E-state index contributed by atoms with van der Waals surface area (Å²) in [5.74, 6) is 0.357. The van der Waals surface area contributed by atoms with Gasteiger partial charge in [0.15, 0.2) is 5.72 Å². The fourth-order valence-electron chi connectivity index (χ4n) is 1.62. The van der Waals surface area contributed by atoms with Gasteiger partial charge in [0, 0.05) is 13.0 Å². The van der Waals surface area contributed by atoms with Crippen LogP contribution < -0.4 is 0 Å². The van der Waals surface area contributed by atoms with Gasteiger partial charge in [-0.1, -0.05) is 0 Å². The average molecular weight is 173 g/mol. The minimum atomic E-state index is -0.955. The first-order valence-corrected chi connectivity index (χ1v) is 3.97. The van der Waals surface area contributed by atoms with Crippen molar-refractivity contribution in [2.45, 2.75) is 17.5 Å². The summed E-state index contributed by atoms with van der Waals surface area (Å²) >= 11 is 5.84. The maximum Gasteiger partial charge on any atom is 0.160 e. The Hall–Kier alpha value is -0.540. The number of nitrogens with one attached hydrogen (secondary N) is 1. The molecule has 0 spiro atoms. The van der Waals surface area contributed by atoms with Gasteiger partial charge in [-0.25, -0.2) is 0 Å². The molecule has 2 unspecified atom stereocenters. The zero-order chi connectivity index (χ0) is 8.06. The molecule has 0 aromatic heterocycles. The summed E-state index contributed by atoms with van der Waals surface area (Å²) in [5, 5.41) is 17.2. The summed E-state index contributed by atoms with van der Waals surface area (Å²) < 4.78 is 0. The number of nitrogens with zero attached hydrogens (tertiary/aromatic N) is 1. The molecule has 2 aliphatic rings. The van der Waals surface area contributed by atoms with Crippen LogP contribution in [-0.4, -0.2) is 33.5 Å². The van der Waals surface area contributed by atoms with Crippen molar-refractivity contribution in [2.75, 3.05) is 6.54 Å². The highest BCUT2D eigenvalue weighted by Crippen LogP contribution is 2.34. The number of alkyl halides is 1. The molecule has 0 saturated carbocycles. The van der Waals surface area contributed by atoms with E-state index in [4.69, 9.17) is 17.0 Å². The van der Waals surface area contributed by atoms with E-state index in [2.05, 4.69) is 0 Å². The van der Waals surface area contributed by atoms with Crippen LogP contribution in [0.4, 0.5) is 0 Å². The second kappa shape index (κ2) is 1.99. The fraction of sp³-hybridized carbons (Fsp3) is 0.571. The van der Waals surface area contributed by atoms with E-state index in [1.54, 1.807) is 17.1 Å². The molecule has 2 heterocycles. The van der Waals surface area contributed by atoms with Crippen LogP contribution in [0.2, 0.25) is 0 Å². The predicted octanol–water partition coefficient (Wildman–Crippen LogP) is 0.535. The van der Waals surface area contributed by atoms with Crippen molar-refractivity contribution in [3.8, 4) is 0 Å². The Morgan fingerprint density at radius 2 is 2.55 bits per heavy atom. The topological polar surface area (TPSA) is 47.3 Å². The van der Waals surface area contributed by atoms with Gasteiger partial charge in [-0.2, -0.15) is 0 Å². The molecule has 3 nitrogen and oxygen atoms in total. The minimum absolute atomic E-state index is 0.0368. The quantitative estimate of drug-likeness (QED) is 0.524. The number of halogens is 1. The molecular weight excluding hydrogens is 164 g/mol. The molecule has 0 amide bonds. The second-order valence-electron chi connectivity index (χ2n) is 3.01. The molecule has 11 heavy (non-hydrogen) atoms. The lowest BCUT2D eigenvalue weighted by Gasteiger charge is -2.25. The van der Waals surface area contributed by atoms with Gasteiger partial charge in [-0.3, -0.25) is 5.41 Å². The van der Waals surface area contributed by atoms with Gasteiger partial charge >= 0.3 is 0 Å². The first-order valence-electron chi connectivity index (χ1n) is 3.54. The Labute approximate surface area is 69.8 Å². The molecule has 0 radical (unpaired) electrons. The summed E-state index contributed by atoms with van der Waals surface area (Å²) in [4.78, 5) is 1.62. The lowest BCUT2D eigenvalue weighted by atomic mass is 10.2. The van der Waals surface area contributed by atoms with Crippen LogP contribution in [-0.2, 0) is 0 Å². The second-order valence-corrected chi connectivity index (χ2v) is 3.63. The maximum atomic E-state index is 9.79. The highest BCUT2D eigenvalue weighted by molar-refractivity contribution is 6.21. The van der Waals surface area contributed by atoms with Gasteiger partial charge in [0.1, 0.15) is 5.84 Å². The SMILES string of the molecule is N=C1C=CC2(O)CC(Cl)CN12. The third-order valence-electron chi connectivity index (χ3n) is 2.17. The summed E-state index contributed by atoms with van der Waals surface area (Å²) in [7, 11) is 0. The van der Waals surface area contributed by atoms with Gasteiger partial charge in [0.2, 0.25) is 0 Å². The lowest BCUT2D eigenvalue weighted by molar-refractivity contribution is 0.0111. The average Bonchev–Trinajstić information content (AvgIpc) is 2.32. The van der Waals surface area contributed by atoms with E-state index >= 15 is 0 Å². The fourth-order valence-corrected chi connectivity index (χ4v) is 1.99. The number of fused-ring (bicyclic) bond motifs is 1. The largest absolute Gasteiger partial charge is 0.367 e. The zero-order valence-corrected chi connectivity index (χ0v) is 6.67. The predicted molar refractivity (Wildman–Crippen MR) is 42.8 cm³/mol. The van der Waals surface area contributed by atoms with Crippen molar-refractivity contribution in [1.29, 1.82) is 5.41 Å². The monoisotopic (exact) mass is 172 g/mol. The van der Waals surface area contributed by atoms with Crippen molar-refractivity contribution in [3.05, 3.63) is 12.2 Å². The summed E-state index contributed by atoms with van der Waals surface area (Å²) in [6.45, 7) is 0.573. The van der Waals surface area contributed by atoms with Crippen LogP contribution in [0.1, 0.15) is 6.42 Å². The number of hydrogen-bond acceptors (Lipinski definition) is 2. The number of hydrogen-bond donors (Lipinski definition) is 2. The van der Waals surface area contributed by atoms with Crippen molar-refractivity contribution in [2.24, 2.45) is 0 Å². The number of amidine groups is 1. The van der Waals surface area contributed by atoms with Gasteiger partial charge in [0.05, 0.1) is 5.38 Å². The maximum absolute atomic E-state index is 9.79. The molecule has 4 heteroatoms. The highest BCUT2D eigenvalue weighted by Gasteiger charge is 2.45. The molecule has 1 fully saturated rings. The van der Waals surface area contributed by atoms with Crippen LogP contribution in [0.5, 0.6) is 0 Å². The van der Waals surface area contributed by atoms with E-state index in [-0.39, 0.29) is 5.38 Å². The molecule has 0 aromatic rings. The van der Waals surface area contributed by atoms with Gasteiger partial charge < -0.3 is 10.0 Å². The number of rotatable bonds is 0. The van der Waals surface area contributed by atoms with E-state index < -0.39 is 5.72 Å². The van der Waals surface area contributed by atoms with Crippen LogP contribution in [0.25, 0.3) is 0 Å². The third kappa shape index (κ3) is 0.880. The molecule has 60 valence electrons. The highest BCUT2D eigenvalue weighted by atomic mass is 35.5. The minimum Gasteiger partial charge on any atom is -0.367 e. The molecule has 1 saturated heterocycles. The summed E-state index contributed by atoms with van der Waals surface area (Å²) in [6, 6.07) is 0. The first-order chi connectivity index (χ1) is 5.12. The molecule has 2 aliphatic heterocycles. The van der Waals surface area contributed by atoms with E-state index in [9.17, 15) is 5.11 Å². The molecular formula is C7H9ClN2O. The molecule has 2 atom stereocenters. The summed E-state index contributed by atoms with van der Waals surface area (Å²) in [6.07, 6.45) is 3.77. The molecule has 0 aromatic carbocycles. The van der Waals surface area contributed by atoms with Crippen LogP contribution in [0.3, 0.4) is 0 Å². The summed E-state index contributed by atoms with van der Waals surface area (Å²) in [5.41, 5.74) is -0.955. The van der Waals surface area contributed by atoms with E-state index in [0.29, 0.717) is 18.8 Å². The Kier molecular flexibility index (Phi) is 1.29. The van der Waals surface area contributed by atoms with Gasteiger partial charge in [-0.05, 0) is 12.2 Å². The van der Waals surface area contributed by atoms with Gasteiger partial charge in [-0.15, -0.1) is 11.6 Å². The van der Waals surface area contributed by atoms with Crippen LogP contribution in [0, 0.1) is 5.41 Å². The Morgan fingerprint density at radius 3 is 3.18 bits per heavy atom. The van der Waals surface area contributed by atoms with Crippen molar-refractivity contribution < 1.29 is 5.11 Å². The Balaban J connectivity index is 2.31. The first kappa shape index (κ1) is 7.13. The van der Waals surface area contributed by atoms with Crippen LogP contribution in [0.15, 0.2) is 12.2 Å². The third-order valence-corrected chi connectivity index (χ3v) is 2.46. The van der Waals surface area contributed by atoms with E-state index in [1.165, 1.54) is 0 Å². The smallest absolute Gasteiger partial charge is 0.160 e. The zero-order valence-electron chi connectivity index (χ0n) is 5.92. The van der Waals surface area contributed by atoms with Crippen molar-refractivity contribution >= 4 is 17.4 Å². The molecule has 2 N–H and O–H groups in total.